The molecule has 0 bridgehead atoms. The summed E-state index contributed by atoms with van der Waals surface area (Å²) in [5.74, 6) is 0.725. The van der Waals surface area contributed by atoms with Crippen molar-refractivity contribution < 1.29 is 4.79 Å². The van der Waals surface area contributed by atoms with Crippen molar-refractivity contribution in [2.75, 3.05) is 18.4 Å². The Bertz CT molecular complexity index is 1000. The van der Waals surface area contributed by atoms with E-state index in [0.717, 1.165) is 40.4 Å². The summed E-state index contributed by atoms with van der Waals surface area (Å²) in [4.78, 5) is 14.8. The number of nitrogens with zero attached hydrogens (tertiary/aromatic N) is 5. The molecule has 0 aliphatic carbocycles. The predicted octanol–water partition coefficient (Wildman–Crippen LogP) is 3.69. The average Bonchev–Trinajstić information content (AvgIpc) is 3.34. The van der Waals surface area contributed by atoms with E-state index in [-0.39, 0.29) is 12.1 Å². The number of benzene rings is 1. The van der Waals surface area contributed by atoms with Gasteiger partial charge < -0.3 is 4.90 Å². The summed E-state index contributed by atoms with van der Waals surface area (Å²) in [7, 11) is 1.86. The number of anilines is 1. The molecule has 1 aliphatic rings. The van der Waals surface area contributed by atoms with Gasteiger partial charge in [-0.3, -0.25) is 14.7 Å². The van der Waals surface area contributed by atoms with Crippen LogP contribution in [0.4, 0.5) is 10.6 Å². The van der Waals surface area contributed by atoms with E-state index in [0.29, 0.717) is 13.1 Å². The molecule has 1 aliphatic heterocycles. The minimum Gasteiger partial charge on any atom is -0.322 e. The first kappa shape index (κ1) is 18.3. The number of carbonyl (C=O) groups excluding carboxylic acids is 1. The number of amides is 2. The topological polar surface area (TPSA) is 68.0 Å². The maximum absolute atomic E-state index is 13.0. The smallest absolute Gasteiger partial charge is 0.322 e. The maximum Gasteiger partial charge on any atom is 0.323 e. The van der Waals surface area contributed by atoms with Crippen LogP contribution in [-0.4, -0.2) is 43.6 Å². The lowest BCUT2D eigenvalue weighted by atomic mass is 10.1. The zero-order valence-corrected chi connectivity index (χ0v) is 16.8. The van der Waals surface area contributed by atoms with Gasteiger partial charge in [-0.25, -0.2) is 4.79 Å². The number of aromatic nitrogens is 4. The van der Waals surface area contributed by atoms with E-state index in [4.69, 9.17) is 0 Å². The van der Waals surface area contributed by atoms with Crippen molar-refractivity contribution in [3.8, 4) is 11.1 Å². The molecule has 2 aromatic heterocycles. The highest BCUT2D eigenvalue weighted by molar-refractivity contribution is 5.94. The third-order valence-electron chi connectivity index (χ3n) is 5.35. The second kappa shape index (κ2) is 7.14. The Labute approximate surface area is 165 Å². The Balaban J connectivity index is 1.53. The molecule has 1 atom stereocenters. The van der Waals surface area contributed by atoms with Gasteiger partial charge in [-0.05, 0) is 38.8 Å². The molecule has 28 heavy (non-hydrogen) atoms. The Kier molecular flexibility index (Phi) is 4.66. The van der Waals surface area contributed by atoms with E-state index in [9.17, 15) is 4.79 Å². The third-order valence-corrected chi connectivity index (χ3v) is 5.35. The minimum atomic E-state index is -0.0933. The first-order valence-electron chi connectivity index (χ1n) is 9.61. The number of nitrogens with one attached hydrogen (secondary N) is 1. The van der Waals surface area contributed by atoms with Crippen molar-refractivity contribution in [2.24, 2.45) is 7.05 Å². The molecule has 1 aromatic carbocycles. The molecule has 0 radical (unpaired) electrons. The highest BCUT2D eigenvalue weighted by Gasteiger charge is 2.30. The van der Waals surface area contributed by atoms with Gasteiger partial charge in [-0.1, -0.05) is 30.3 Å². The number of aryl methyl sites for hydroxylation is 4. The predicted molar refractivity (Wildman–Crippen MR) is 109 cm³/mol. The maximum atomic E-state index is 13.0. The lowest BCUT2D eigenvalue weighted by Crippen LogP contribution is -2.34. The van der Waals surface area contributed by atoms with Crippen LogP contribution in [0.25, 0.3) is 11.1 Å². The molecule has 1 fully saturated rings. The van der Waals surface area contributed by atoms with Crippen molar-refractivity contribution in [3.05, 3.63) is 53.5 Å². The molecule has 1 saturated heterocycles. The zero-order chi connectivity index (χ0) is 19.8. The first-order chi connectivity index (χ1) is 13.4. The summed E-state index contributed by atoms with van der Waals surface area (Å²) in [6, 6.07) is 12.2. The standard InChI is InChI=1S/C21H26N6O/c1-14-12-15(2)27(23-14)18-10-11-26(13-18)21(28)22-20-19(16(3)24-25(20)4)17-8-6-5-7-9-17/h5-9,12,18H,10-11,13H2,1-4H3,(H,22,28). The summed E-state index contributed by atoms with van der Waals surface area (Å²) in [5.41, 5.74) is 5.05. The normalized spacial score (nSPS) is 16.6. The fourth-order valence-corrected chi connectivity index (χ4v) is 4.07. The van der Waals surface area contributed by atoms with Crippen LogP contribution >= 0.6 is 0 Å². The van der Waals surface area contributed by atoms with Crippen molar-refractivity contribution in [1.29, 1.82) is 0 Å². The summed E-state index contributed by atoms with van der Waals surface area (Å²) < 4.78 is 3.79. The van der Waals surface area contributed by atoms with Gasteiger partial charge in [-0.15, -0.1) is 0 Å². The number of likely N-dealkylation sites (tertiary alicyclic amines) is 1. The van der Waals surface area contributed by atoms with Crippen molar-refractivity contribution >= 4 is 11.8 Å². The van der Waals surface area contributed by atoms with Crippen molar-refractivity contribution in [3.63, 3.8) is 0 Å². The van der Waals surface area contributed by atoms with Gasteiger partial charge in [0.15, 0.2) is 0 Å². The summed E-state index contributed by atoms with van der Waals surface area (Å²) in [6.45, 7) is 7.40. The molecule has 0 spiro atoms. The van der Waals surface area contributed by atoms with Crippen molar-refractivity contribution in [2.45, 2.75) is 33.2 Å². The van der Waals surface area contributed by atoms with E-state index >= 15 is 0 Å². The first-order valence-corrected chi connectivity index (χ1v) is 9.61. The molecule has 7 heteroatoms. The van der Waals surface area contributed by atoms with Crippen LogP contribution < -0.4 is 5.32 Å². The molecular weight excluding hydrogens is 352 g/mol. The Morgan fingerprint density at radius 1 is 1.14 bits per heavy atom. The SMILES string of the molecule is Cc1cc(C)n(C2CCN(C(=O)Nc3c(-c4ccccc4)c(C)nn3C)C2)n1. The quantitative estimate of drug-likeness (QED) is 0.756. The van der Waals surface area contributed by atoms with Crippen molar-refractivity contribution in [1.82, 2.24) is 24.5 Å². The lowest BCUT2D eigenvalue weighted by molar-refractivity contribution is 0.220. The van der Waals surface area contributed by atoms with E-state index in [1.807, 2.05) is 60.8 Å². The molecule has 3 aromatic rings. The second-order valence-electron chi connectivity index (χ2n) is 7.49. The lowest BCUT2D eigenvalue weighted by Gasteiger charge is -2.19. The van der Waals surface area contributed by atoms with Gasteiger partial charge in [0.25, 0.3) is 0 Å². The number of hydrogen-bond acceptors (Lipinski definition) is 3. The molecule has 0 saturated carbocycles. The molecule has 1 unspecified atom stereocenters. The largest absolute Gasteiger partial charge is 0.323 e. The van der Waals surface area contributed by atoms with Gasteiger partial charge in [0.05, 0.1) is 17.4 Å². The van der Waals surface area contributed by atoms with E-state index < -0.39 is 0 Å². The van der Waals surface area contributed by atoms with Gasteiger partial charge in [0.2, 0.25) is 0 Å². The number of rotatable bonds is 3. The number of urea groups is 1. The third kappa shape index (κ3) is 3.28. The van der Waals surface area contributed by atoms with E-state index in [1.165, 1.54) is 0 Å². The highest BCUT2D eigenvalue weighted by atomic mass is 16.2. The molecule has 7 nitrogen and oxygen atoms in total. The molecule has 2 amide bonds. The van der Waals surface area contributed by atoms with Gasteiger partial charge >= 0.3 is 6.03 Å². The molecule has 4 rings (SSSR count). The van der Waals surface area contributed by atoms with Crippen LogP contribution in [0.2, 0.25) is 0 Å². The molecule has 3 heterocycles. The summed E-state index contributed by atoms with van der Waals surface area (Å²) in [5, 5.41) is 12.2. The van der Waals surface area contributed by atoms with Crippen LogP contribution in [0.1, 0.15) is 29.5 Å². The average molecular weight is 378 g/mol. The van der Waals surface area contributed by atoms with Gasteiger partial charge in [0.1, 0.15) is 5.82 Å². The summed E-state index contributed by atoms with van der Waals surface area (Å²) >= 11 is 0. The van der Waals surface area contributed by atoms with Crippen LogP contribution in [0.5, 0.6) is 0 Å². The number of hydrogen-bond donors (Lipinski definition) is 1. The monoisotopic (exact) mass is 378 g/mol. The van der Waals surface area contributed by atoms with Gasteiger partial charge in [0, 0.05) is 31.4 Å². The highest BCUT2D eigenvalue weighted by Crippen LogP contribution is 2.31. The van der Waals surface area contributed by atoms with Gasteiger partial charge in [-0.2, -0.15) is 10.2 Å². The molecular formula is C21H26N6O. The Hall–Kier alpha value is -3.09. The second-order valence-corrected chi connectivity index (χ2v) is 7.49. The fraction of sp³-hybridized carbons (Fsp3) is 0.381. The minimum absolute atomic E-state index is 0.0933. The fourth-order valence-electron chi connectivity index (χ4n) is 4.07. The Morgan fingerprint density at radius 2 is 1.89 bits per heavy atom. The van der Waals surface area contributed by atoms with Crippen LogP contribution in [0, 0.1) is 20.8 Å². The van der Waals surface area contributed by atoms with Crippen LogP contribution in [-0.2, 0) is 7.05 Å². The van der Waals surface area contributed by atoms with E-state index in [1.54, 1.807) is 4.68 Å². The van der Waals surface area contributed by atoms with Crippen LogP contribution in [0.15, 0.2) is 36.4 Å². The summed E-state index contributed by atoms with van der Waals surface area (Å²) in [6.07, 6.45) is 0.908. The zero-order valence-electron chi connectivity index (χ0n) is 16.8. The molecule has 1 N–H and O–H groups in total. The molecule has 146 valence electrons. The Morgan fingerprint density at radius 3 is 2.57 bits per heavy atom. The van der Waals surface area contributed by atoms with Crippen LogP contribution in [0.3, 0.4) is 0 Å². The van der Waals surface area contributed by atoms with E-state index in [2.05, 4.69) is 28.5 Å². The number of carbonyl (C=O) groups is 1.